The van der Waals surface area contributed by atoms with Gasteiger partial charge in [-0.3, -0.25) is 9.59 Å². The predicted molar refractivity (Wildman–Crippen MR) is 149 cm³/mol. The Balaban J connectivity index is 3.41. The quantitative estimate of drug-likeness (QED) is 0.237. The van der Waals surface area contributed by atoms with E-state index in [1.807, 2.05) is 45.9 Å². The van der Waals surface area contributed by atoms with Crippen molar-refractivity contribution in [3.63, 3.8) is 0 Å². The maximum Gasteiger partial charge on any atom is 0.408 e. The van der Waals surface area contributed by atoms with Crippen LogP contribution in [0.3, 0.4) is 0 Å². The van der Waals surface area contributed by atoms with Crippen molar-refractivity contribution in [3.05, 3.63) is 34.9 Å². The van der Waals surface area contributed by atoms with Crippen molar-refractivity contribution in [2.45, 2.75) is 111 Å². The zero-order valence-corrected chi connectivity index (χ0v) is 24.3. The summed E-state index contributed by atoms with van der Waals surface area (Å²) in [7, 11) is 0. The van der Waals surface area contributed by atoms with Crippen molar-refractivity contribution in [1.82, 2.24) is 15.5 Å². The first-order valence-corrected chi connectivity index (χ1v) is 13.7. The van der Waals surface area contributed by atoms with Gasteiger partial charge in [0.15, 0.2) is 0 Å². The van der Waals surface area contributed by atoms with Crippen molar-refractivity contribution in [1.29, 1.82) is 0 Å². The number of amides is 3. The number of alkyl carbamates (subject to hydrolysis) is 1. The third-order valence-corrected chi connectivity index (χ3v) is 5.87. The molecule has 204 valence electrons. The van der Waals surface area contributed by atoms with E-state index in [1.54, 1.807) is 25.7 Å². The summed E-state index contributed by atoms with van der Waals surface area (Å²) in [6, 6.07) is 4.09. The smallest absolute Gasteiger partial charge is 0.408 e. The number of nitrogens with zero attached hydrogens (tertiary/aromatic N) is 1. The van der Waals surface area contributed by atoms with Gasteiger partial charge in [0.05, 0.1) is 0 Å². The Bertz CT molecular complexity index is 847. The van der Waals surface area contributed by atoms with Gasteiger partial charge in [-0.25, -0.2) is 4.79 Å². The molecule has 0 aliphatic heterocycles. The summed E-state index contributed by atoms with van der Waals surface area (Å²) < 4.78 is 5.37. The van der Waals surface area contributed by atoms with Crippen LogP contribution < -0.4 is 10.6 Å². The molecule has 36 heavy (non-hydrogen) atoms. The predicted octanol–water partition coefficient (Wildman–Crippen LogP) is 5.49. The molecule has 1 aromatic carbocycles. The molecule has 0 aromatic heterocycles. The molecule has 8 heteroatoms. The summed E-state index contributed by atoms with van der Waals surface area (Å²) in [5, 5.41) is 5.65. The van der Waals surface area contributed by atoms with Crippen LogP contribution in [0.5, 0.6) is 0 Å². The van der Waals surface area contributed by atoms with Gasteiger partial charge >= 0.3 is 6.09 Å². The average Bonchev–Trinajstić information content (AvgIpc) is 2.73. The Morgan fingerprint density at radius 2 is 1.56 bits per heavy atom. The van der Waals surface area contributed by atoms with Crippen LogP contribution in [0.4, 0.5) is 4.79 Å². The Morgan fingerprint density at radius 1 is 0.972 bits per heavy atom. The van der Waals surface area contributed by atoms with Gasteiger partial charge in [-0.15, -0.1) is 0 Å². The molecule has 0 heterocycles. The Labute approximate surface area is 223 Å². The first-order valence-electron chi connectivity index (χ1n) is 13.1. The zero-order chi connectivity index (χ0) is 27.5. The normalized spacial score (nSPS) is 13.2. The molecular weight excluding hydrogens is 474 g/mol. The van der Waals surface area contributed by atoms with Gasteiger partial charge in [-0.1, -0.05) is 61.9 Å². The van der Waals surface area contributed by atoms with Gasteiger partial charge in [0.2, 0.25) is 11.8 Å². The summed E-state index contributed by atoms with van der Waals surface area (Å²) in [5.74, 6) is -0.517. The lowest BCUT2D eigenvalue weighted by Crippen LogP contribution is -2.54. The molecule has 2 atom stereocenters. The lowest BCUT2D eigenvalue weighted by Gasteiger charge is -2.35. The molecule has 0 spiro atoms. The zero-order valence-electron chi connectivity index (χ0n) is 23.4. The monoisotopic (exact) mass is 521 g/mol. The second-order valence-corrected chi connectivity index (χ2v) is 11.2. The van der Waals surface area contributed by atoms with Crippen LogP contribution in [0.15, 0.2) is 18.2 Å². The second kappa shape index (κ2) is 15.1. The van der Waals surface area contributed by atoms with Crippen molar-refractivity contribution in [3.8, 4) is 0 Å². The maximum atomic E-state index is 13.9. The largest absolute Gasteiger partial charge is 0.444 e. The number of carbonyl (C=O) groups is 3. The summed E-state index contributed by atoms with van der Waals surface area (Å²) in [6.07, 6.45) is 4.33. The number of rotatable bonds is 13. The second-order valence-electron chi connectivity index (χ2n) is 10.8. The molecule has 7 nitrogen and oxygen atoms in total. The van der Waals surface area contributed by atoms with Crippen LogP contribution in [0.1, 0.15) is 96.4 Å². The van der Waals surface area contributed by atoms with Gasteiger partial charge in [0, 0.05) is 18.3 Å². The maximum absolute atomic E-state index is 13.9. The van der Waals surface area contributed by atoms with Gasteiger partial charge < -0.3 is 20.3 Å². The SMILES string of the molecule is CCCCCCCN(C(=O)C(CS)NC(=O)OC(C)(C)C)C(C(=O)NC(C)C)c1cc(C)cc(C)c1. The fraction of sp³-hybridized carbons (Fsp3) is 0.679. The van der Waals surface area contributed by atoms with Crippen LogP contribution in [0, 0.1) is 13.8 Å². The highest BCUT2D eigenvalue weighted by atomic mass is 32.1. The average molecular weight is 522 g/mol. The van der Waals surface area contributed by atoms with Crippen LogP contribution in [-0.2, 0) is 14.3 Å². The number of benzene rings is 1. The lowest BCUT2D eigenvalue weighted by molar-refractivity contribution is -0.142. The first kappa shape index (κ1) is 31.8. The summed E-state index contributed by atoms with van der Waals surface area (Å²) >= 11 is 4.35. The van der Waals surface area contributed by atoms with Gasteiger partial charge in [0.25, 0.3) is 0 Å². The number of unbranched alkanes of at least 4 members (excludes halogenated alkanes) is 4. The molecule has 3 amide bonds. The fourth-order valence-corrected chi connectivity index (χ4v) is 4.34. The minimum atomic E-state index is -0.931. The van der Waals surface area contributed by atoms with Crippen molar-refractivity contribution >= 4 is 30.5 Å². The Morgan fingerprint density at radius 3 is 2.06 bits per heavy atom. The van der Waals surface area contributed by atoms with E-state index < -0.39 is 23.8 Å². The van der Waals surface area contributed by atoms with Gasteiger partial charge in [-0.2, -0.15) is 12.6 Å². The highest BCUT2D eigenvalue weighted by Gasteiger charge is 2.36. The molecule has 0 aliphatic rings. The molecule has 2 N–H and O–H groups in total. The number of hydrogen-bond acceptors (Lipinski definition) is 5. The van der Waals surface area contributed by atoms with Crippen molar-refractivity contribution in [2.75, 3.05) is 12.3 Å². The van der Waals surface area contributed by atoms with Crippen LogP contribution in [-0.4, -0.2) is 52.8 Å². The number of ether oxygens (including phenoxy) is 1. The molecule has 0 saturated carbocycles. The summed E-state index contributed by atoms with van der Waals surface area (Å²) in [5.41, 5.74) is 2.08. The van der Waals surface area contributed by atoms with E-state index >= 15 is 0 Å². The van der Waals surface area contributed by atoms with E-state index in [1.165, 1.54) is 0 Å². The van der Waals surface area contributed by atoms with E-state index in [2.05, 4.69) is 30.2 Å². The van der Waals surface area contributed by atoms with Crippen molar-refractivity contribution in [2.24, 2.45) is 0 Å². The Hall–Kier alpha value is -2.22. The lowest BCUT2D eigenvalue weighted by atomic mass is 9.98. The highest BCUT2D eigenvalue weighted by molar-refractivity contribution is 7.80. The Kier molecular flexibility index (Phi) is 13.4. The molecule has 1 aromatic rings. The standard InChI is InChI=1S/C28H47N3O4S/c1-9-10-11-12-13-14-31(26(33)23(18-36)30-27(34)35-28(6,7)8)24(25(32)29-19(2)3)22-16-20(4)15-21(5)17-22/h15-17,19,23-24,36H,9-14,18H2,1-8H3,(H,29,32)(H,30,34). The van der Waals surface area contributed by atoms with Crippen LogP contribution in [0.2, 0.25) is 0 Å². The fourth-order valence-electron chi connectivity index (χ4n) is 4.09. The number of aryl methyl sites for hydroxylation is 2. The minimum absolute atomic E-state index is 0.0791. The molecule has 0 radical (unpaired) electrons. The molecule has 1 rings (SSSR count). The number of carbonyl (C=O) groups excluding carboxylic acids is 3. The van der Waals surface area contributed by atoms with Crippen LogP contribution >= 0.6 is 12.6 Å². The summed E-state index contributed by atoms with van der Waals surface area (Å²) in [4.78, 5) is 41.5. The summed E-state index contributed by atoms with van der Waals surface area (Å²) in [6.45, 7) is 15.6. The number of thiol groups is 1. The highest BCUT2D eigenvalue weighted by Crippen LogP contribution is 2.26. The molecule has 2 unspecified atom stereocenters. The number of hydrogen-bond donors (Lipinski definition) is 3. The first-order chi connectivity index (χ1) is 16.8. The van der Waals surface area contributed by atoms with Crippen molar-refractivity contribution < 1.29 is 19.1 Å². The molecule has 0 aliphatic carbocycles. The topological polar surface area (TPSA) is 87.7 Å². The molecular formula is C28H47N3O4S. The third kappa shape index (κ3) is 11.2. The molecule has 0 saturated heterocycles. The third-order valence-electron chi connectivity index (χ3n) is 5.51. The number of nitrogens with one attached hydrogen (secondary N) is 2. The van der Waals surface area contributed by atoms with E-state index in [4.69, 9.17) is 4.74 Å². The van der Waals surface area contributed by atoms with E-state index in [0.717, 1.165) is 48.8 Å². The molecule has 0 fully saturated rings. The van der Waals surface area contributed by atoms with Crippen LogP contribution in [0.25, 0.3) is 0 Å². The van der Waals surface area contributed by atoms with E-state index in [-0.39, 0.29) is 23.6 Å². The van der Waals surface area contributed by atoms with Gasteiger partial charge in [0.1, 0.15) is 17.7 Å². The minimum Gasteiger partial charge on any atom is -0.444 e. The van der Waals surface area contributed by atoms with E-state index in [9.17, 15) is 14.4 Å². The van der Waals surface area contributed by atoms with E-state index in [0.29, 0.717) is 6.54 Å². The molecule has 0 bridgehead atoms. The van der Waals surface area contributed by atoms with Gasteiger partial charge in [-0.05, 0) is 60.5 Å².